The minimum absolute atomic E-state index is 0.286. The Morgan fingerprint density at radius 2 is 2.10 bits per heavy atom. The van der Waals surface area contributed by atoms with Crippen LogP contribution in [0.15, 0.2) is 24.3 Å². The molecular weight excluding hydrogens is 128 g/mol. The molecule has 10 heavy (non-hydrogen) atoms. The number of ketones is 2. The van der Waals surface area contributed by atoms with Crippen LogP contribution in [0, 0.1) is 0 Å². The van der Waals surface area contributed by atoms with Crippen molar-refractivity contribution in [3.8, 4) is 0 Å². The van der Waals surface area contributed by atoms with Gasteiger partial charge in [-0.15, -0.1) is 0 Å². The van der Waals surface area contributed by atoms with Crippen LogP contribution < -0.4 is 0 Å². The van der Waals surface area contributed by atoms with Gasteiger partial charge in [0.1, 0.15) is 0 Å². The van der Waals surface area contributed by atoms with Crippen molar-refractivity contribution in [1.82, 2.24) is 0 Å². The number of hydrogen-bond donors (Lipinski definition) is 0. The van der Waals surface area contributed by atoms with Gasteiger partial charge in [-0.1, -0.05) is 12.7 Å². The second-order valence-corrected chi connectivity index (χ2v) is 2.21. The minimum Gasteiger partial charge on any atom is -0.290 e. The second kappa shape index (κ2) is 2.60. The largest absolute Gasteiger partial charge is 0.290 e. The minimum atomic E-state index is -0.388. The van der Waals surface area contributed by atoms with E-state index in [9.17, 15) is 9.59 Å². The van der Waals surface area contributed by atoms with Crippen LogP contribution in [0.5, 0.6) is 0 Å². The highest BCUT2D eigenvalue weighted by Gasteiger charge is 2.16. The maximum Gasteiger partial charge on any atom is 0.221 e. The average Bonchev–Trinajstić information content (AvgIpc) is 1.95. The van der Waals surface area contributed by atoms with Crippen molar-refractivity contribution in [1.29, 1.82) is 0 Å². The molecule has 0 spiro atoms. The summed E-state index contributed by atoms with van der Waals surface area (Å²) in [6.45, 7) is 3.51. The van der Waals surface area contributed by atoms with Gasteiger partial charge in [0.2, 0.25) is 11.6 Å². The normalized spacial score (nSPS) is 18.6. The maximum absolute atomic E-state index is 10.7. The van der Waals surface area contributed by atoms with Crippen LogP contribution >= 0.6 is 0 Å². The van der Waals surface area contributed by atoms with Crippen molar-refractivity contribution in [3.05, 3.63) is 24.3 Å². The van der Waals surface area contributed by atoms with Gasteiger partial charge in [0, 0.05) is 6.42 Å². The molecule has 0 fully saturated rings. The fourth-order valence-corrected chi connectivity index (χ4v) is 0.863. The molecule has 0 heterocycles. The number of Topliss-reactive ketones (excluding diaryl/α,β-unsaturated/α-hetero) is 1. The van der Waals surface area contributed by atoms with Crippen molar-refractivity contribution in [3.63, 3.8) is 0 Å². The molecule has 2 heteroatoms. The Morgan fingerprint density at radius 3 is 2.60 bits per heavy atom. The van der Waals surface area contributed by atoms with Crippen LogP contribution in [-0.4, -0.2) is 11.6 Å². The topological polar surface area (TPSA) is 34.1 Å². The molecule has 1 aliphatic carbocycles. The van der Waals surface area contributed by atoms with Crippen molar-refractivity contribution in [2.45, 2.75) is 12.8 Å². The monoisotopic (exact) mass is 136 g/mol. The summed E-state index contributed by atoms with van der Waals surface area (Å²) in [5, 5.41) is 0. The van der Waals surface area contributed by atoms with Gasteiger partial charge in [0.25, 0.3) is 0 Å². The summed E-state index contributed by atoms with van der Waals surface area (Å²) < 4.78 is 0. The van der Waals surface area contributed by atoms with Gasteiger partial charge in [-0.05, 0) is 18.1 Å². The van der Waals surface area contributed by atoms with Crippen LogP contribution in [0.1, 0.15) is 12.8 Å². The van der Waals surface area contributed by atoms with Gasteiger partial charge in [0.05, 0.1) is 0 Å². The molecule has 0 aromatic heterocycles. The van der Waals surface area contributed by atoms with E-state index in [1.165, 1.54) is 6.08 Å². The highest BCUT2D eigenvalue weighted by molar-refractivity contribution is 6.42. The molecule has 0 saturated carbocycles. The van der Waals surface area contributed by atoms with Gasteiger partial charge >= 0.3 is 0 Å². The highest BCUT2D eigenvalue weighted by Crippen LogP contribution is 2.12. The third-order valence-corrected chi connectivity index (χ3v) is 1.49. The molecule has 0 bridgehead atoms. The maximum atomic E-state index is 10.7. The summed E-state index contributed by atoms with van der Waals surface area (Å²) in [6, 6.07) is 0. The van der Waals surface area contributed by atoms with Gasteiger partial charge in [-0.25, -0.2) is 0 Å². The molecule has 2 nitrogen and oxygen atoms in total. The Labute approximate surface area is 59.2 Å². The molecule has 52 valence electrons. The van der Waals surface area contributed by atoms with Gasteiger partial charge < -0.3 is 0 Å². The van der Waals surface area contributed by atoms with E-state index in [-0.39, 0.29) is 11.6 Å². The van der Waals surface area contributed by atoms with E-state index < -0.39 is 0 Å². The van der Waals surface area contributed by atoms with Crippen LogP contribution in [0.3, 0.4) is 0 Å². The Hall–Kier alpha value is -1.18. The number of carbonyl (C=O) groups excluding carboxylic acids is 2. The Kier molecular flexibility index (Phi) is 1.81. The third kappa shape index (κ3) is 1.21. The van der Waals surface area contributed by atoms with E-state index in [2.05, 4.69) is 6.58 Å². The van der Waals surface area contributed by atoms with E-state index in [1.54, 1.807) is 6.08 Å². The van der Waals surface area contributed by atoms with Gasteiger partial charge in [0.15, 0.2) is 0 Å². The number of carbonyl (C=O) groups is 2. The summed E-state index contributed by atoms with van der Waals surface area (Å²) in [6.07, 6.45) is 3.98. The molecular formula is C8H8O2. The summed E-state index contributed by atoms with van der Waals surface area (Å²) in [5.74, 6) is -0.674. The zero-order chi connectivity index (χ0) is 7.56. The first-order valence-electron chi connectivity index (χ1n) is 3.14. The van der Waals surface area contributed by atoms with E-state index >= 15 is 0 Å². The summed E-state index contributed by atoms with van der Waals surface area (Å²) in [5.41, 5.74) is 0.865. The Bertz CT molecular complexity index is 223. The average molecular weight is 136 g/mol. The molecule has 0 amide bonds. The van der Waals surface area contributed by atoms with Crippen molar-refractivity contribution in [2.75, 3.05) is 0 Å². The van der Waals surface area contributed by atoms with Gasteiger partial charge in [-0.2, -0.15) is 0 Å². The first kappa shape index (κ1) is 6.93. The predicted molar refractivity (Wildman–Crippen MR) is 37.5 cm³/mol. The first-order valence-corrected chi connectivity index (χ1v) is 3.14. The Morgan fingerprint density at radius 1 is 1.40 bits per heavy atom. The number of rotatable bonds is 1. The molecule has 0 unspecified atom stereocenters. The first-order chi connectivity index (χ1) is 4.74. The molecule has 0 saturated heterocycles. The molecule has 0 atom stereocenters. The van der Waals surface area contributed by atoms with Crippen molar-refractivity contribution >= 4 is 11.6 Å². The SMILES string of the molecule is C=CC1=CC(=O)C(=O)CC1. The zero-order valence-corrected chi connectivity index (χ0v) is 5.59. The van der Waals surface area contributed by atoms with Crippen molar-refractivity contribution in [2.24, 2.45) is 0 Å². The lowest BCUT2D eigenvalue weighted by Gasteiger charge is -2.05. The summed E-state index contributed by atoms with van der Waals surface area (Å²) >= 11 is 0. The molecule has 1 aliphatic rings. The fourth-order valence-electron chi connectivity index (χ4n) is 0.863. The lowest BCUT2D eigenvalue weighted by atomic mass is 9.98. The van der Waals surface area contributed by atoms with E-state index in [0.717, 1.165) is 5.57 Å². The number of hydrogen-bond acceptors (Lipinski definition) is 2. The molecule has 0 aromatic rings. The van der Waals surface area contributed by atoms with E-state index in [0.29, 0.717) is 12.8 Å². The van der Waals surface area contributed by atoms with E-state index in [1.807, 2.05) is 0 Å². The quantitative estimate of drug-likeness (QED) is 0.504. The van der Waals surface area contributed by atoms with Crippen LogP contribution in [0.4, 0.5) is 0 Å². The molecule has 0 N–H and O–H groups in total. The fraction of sp³-hybridized carbons (Fsp3) is 0.250. The van der Waals surface area contributed by atoms with Crippen LogP contribution in [-0.2, 0) is 9.59 Å². The molecule has 0 aromatic carbocycles. The van der Waals surface area contributed by atoms with Crippen LogP contribution in [0.25, 0.3) is 0 Å². The lowest BCUT2D eigenvalue weighted by molar-refractivity contribution is -0.134. The standard InChI is InChI=1S/C8H8O2/c1-2-6-3-4-7(9)8(10)5-6/h2,5H,1,3-4H2. The smallest absolute Gasteiger partial charge is 0.221 e. The Balaban J connectivity index is 2.84. The molecule has 0 radical (unpaired) electrons. The highest BCUT2D eigenvalue weighted by atomic mass is 16.2. The lowest BCUT2D eigenvalue weighted by Crippen LogP contribution is -2.15. The zero-order valence-electron chi connectivity index (χ0n) is 5.59. The predicted octanol–water partition coefficient (Wildman–Crippen LogP) is 1.03. The van der Waals surface area contributed by atoms with Crippen LogP contribution in [0.2, 0.25) is 0 Å². The van der Waals surface area contributed by atoms with Crippen molar-refractivity contribution < 1.29 is 9.59 Å². The molecule has 0 aliphatic heterocycles. The second-order valence-electron chi connectivity index (χ2n) is 2.21. The summed E-state index contributed by atoms with van der Waals surface area (Å²) in [4.78, 5) is 21.3. The van der Waals surface area contributed by atoms with Gasteiger partial charge in [-0.3, -0.25) is 9.59 Å². The third-order valence-electron chi connectivity index (χ3n) is 1.49. The number of allylic oxidation sites excluding steroid dienone is 3. The molecule has 1 rings (SSSR count). The summed E-state index contributed by atoms with van der Waals surface area (Å²) in [7, 11) is 0. The van der Waals surface area contributed by atoms with E-state index in [4.69, 9.17) is 0 Å².